The molecule has 0 saturated carbocycles. The Morgan fingerprint density at radius 3 is 2.54 bits per heavy atom. The van der Waals surface area contributed by atoms with Gasteiger partial charge in [0.05, 0.1) is 28.7 Å². The predicted molar refractivity (Wildman–Crippen MR) is 108 cm³/mol. The van der Waals surface area contributed by atoms with Crippen LogP contribution in [-0.2, 0) is 7.05 Å². The Balaban J connectivity index is 2.00. The molecule has 5 aromatic rings. The Hall–Kier alpha value is -4.11. The summed E-state index contributed by atoms with van der Waals surface area (Å²) in [6, 6.07) is 11.4. The van der Waals surface area contributed by atoms with Crippen molar-refractivity contribution in [3.8, 4) is 0 Å². The van der Waals surface area contributed by atoms with Crippen molar-refractivity contribution >= 4 is 61.0 Å². The minimum absolute atomic E-state index is 0.378. The number of imide groups is 1. The van der Waals surface area contributed by atoms with Crippen molar-refractivity contribution in [2.45, 2.75) is 0 Å². The van der Waals surface area contributed by atoms with Gasteiger partial charge in [-0.2, -0.15) is 0 Å². The third-order valence-corrected chi connectivity index (χ3v) is 5.65. The van der Waals surface area contributed by atoms with Crippen molar-refractivity contribution in [1.82, 2.24) is 14.9 Å². The smallest absolute Gasteiger partial charge is 0.259 e. The third kappa shape index (κ3) is 1.62. The van der Waals surface area contributed by atoms with E-state index in [0.717, 1.165) is 38.1 Å². The fourth-order valence-electron chi connectivity index (χ4n) is 4.49. The second kappa shape index (κ2) is 4.78. The molecular formula is C22H12N4O2. The van der Waals surface area contributed by atoms with Gasteiger partial charge < -0.3 is 9.55 Å². The first-order chi connectivity index (χ1) is 13.6. The van der Waals surface area contributed by atoms with E-state index in [1.807, 2.05) is 42.1 Å². The van der Waals surface area contributed by atoms with E-state index in [1.54, 1.807) is 12.1 Å². The monoisotopic (exact) mass is 364 g/mol. The zero-order valence-corrected chi connectivity index (χ0v) is 14.8. The van der Waals surface area contributed by atoms with Crippen LogP contribution in [-0.4, -0.2) is 21.4 Å². The molecule has 2 N–H and O–H groups in total. The first-order valence-corrected chi connectivity index (χ1v) is 8.81. The number of hydrogen-bond donors (Lipinski definition) is 2. The lowest BCUT2D eigenvalue weighted by Crippen LogP contribution is -2.20. The molecule has 2 aromatic heterocycles. The Bertz CT molecular complexity index is 1590. The first-order valence-electron chi connectivity index (χ1n) is 8.81. The number of rotatable bonds is 0. The topological polar surface area (TPSA) is 71.2 Å². The molecule has 0 atom stereocenters. The molecule has 28 heavy (non-hydrogen) atoms. The molecule has 6 heteroatoms. The van der Waals surface area contributed by atoms with E-state index in [9.17, 15) is 9.59 Å². The van der Waals surface area contributed by atoms with Crippen molar-refractivity contribution in [3.05, 3.63) is 65.1 Å². The number of carbonyl (C=O) groups excluding carboxylic acids is 2. The fourth-order valence-corrected chi connectivity index (χ4v) is 4.49. The number of hydrogen-bond acceptors (Lipinski definition) is 2. The van der Waals surface area contributed by atoms with Crippen LogP contribution >= 0.6 is 0 Å². The molecule has 0 saturated heterocycles. The van der Waals surface area contributed by atoms with Gasteiger partial charge in [-0.3, -0.25) is 14.9 Å². The second-order valence-electron chi connectivity index (χ2n) is 7.10. The van der Waals surface area contributed by atoms with Crippen LogP contribution < -0.4 is 5.32 Å². The molecule has 1 aliphatic heterocycles. The largest absolute Gasteiger partial charge is 0.354 e. The molecule has 132 valence electrons. The molecule has 0 fully saturated rings. The number of benzene rings is 3. The number of nitrogens with zero attached hydrogens (tertiary/aromatic N) is 2. The number of fused-ring (bicyclic) bond motifs is 10. The van der Waals surface area contributed by atoms with Gasteiger partial charge in [0.2, 0.25) is 0 Å². The van der Waals surface area contributed by atoms with Gasteiger partial charge in [0.15, 0.2) is 5.69 Å². The molecule has 6 rings (SSSR count). The minimum Gasteiger partial charge on any atom is -0.354 e. The average Bonchev–Trinajstić information content (AvgIpc) is 3.34. The normalized spacial score (nSPS) is 13.6. The van der Waals surface area contributed by atoms with Crippen LogP contribution in [0.1, 0.15) is 20.7 Å². The molecule has 0 unspecified atom stereocenters. The maximum absolute atomic E-state index is 12.8. The fraction of sp³-hybridized carbons (Fsp3) is 0.0455. The summed E-state index contributed by atoms with van der Waals surface area (Å²) in [6.45, 7) is 7.31. The Morgan fingerprint density at radius 2 is 1.75 bits per heavy atom. The van der Waals surface area contributed by atoms with E-state index >= 15 is 0 Å². The number of aryl methyl sites for hydroxylation is 1. The Kier molecular flexibility index (Phi) is 2.56. The zero-order valence-electron chi connectivity index (χ0n) is 14.8. The van der Waals surface area contributed by atoms with E-state index in [0.29, 0.717) is 22.2 Å². The quantitative estimate of drug-likeness (QED) is 0.316. The molecule has 3 aromatic carbocycles. The maximum Gasteiger partial charge on any atom is 0.259 e. The highest BCUT2D eigenvalue weighted by Gasteiger charge is 2.34. The van der Waals surface area contributed by atoms with Crippen LogP contribution in [0.3, 0.4) is 0 Å². The molecule has 3 heterocycles. The van der Waals surface area contributed by atoms with Crippen molar-refractivity contribution in [3.63, 3.8) is 0 Å². The zero-order chi connectivity index (χ0) is 19.2. The molecule has 0 spiro atoms. The highest BCUT2D eigenvalue weighted by molar-refractivity contribution is 6.39. The highest BCUT2D eigenvalue weighted by atomic mass is 16.2. The minimum atomic E-state index is -0.396. The Morgan fingerprint density at radius 1 is 0.964 bits per heavy atom. The van der Waals surface area contributed by atoms with Crippen molar-refractivity contribution in [2.75, 3.05) is 0 Å². The average molecular weight is 364 g/mol. The summed E-state index contributed by atoms with van der Waals surface area (Å²) >= 11 is 0. The summed E-state index contributed by atoms with van der Waals surface area (Å²) in [6.07, 6.45) is 1.95. The summed E-state index contributed by atoms with van der Waals surface area (Å²) < 4.78 is 1.97. The van der Waals surface area contributed by atoms with Gasteiger partial charge in [0.1, 0.15) is 0 Å². The first kappa shape index (κ1) is 15.0. The van der Waals surface area contributed by atoms with E-state index in [2.05, 4.69) is 15.1 Å². The van der Waals surface area contributed by atoms with Gasteiger partial charge in [-0.15, -0.1) is 0 Å². The van der Waals surface area contributed by atoms with Gasteiger partial charge >= 0.3 is 0 Å². The standard InChI is InChI=1S/C22H12N4O2/c1-23-11-4-6-14-13(9-11)15-17-18(22(28)25-21(17)27)16-12(19(15)24-14)5-3-10-7-8-26(2)20(10)16/h3-9,24H,2H3,(H,25,27,28). The summed E-state index contributed by atoms with van der Waals surface area (Å²) in [7, 11) is 1.93. The number of H-pyrrole nitrogens is 1. The van der Waals surface area contributed by atoms with Gasteiger partial charge in [0, 0.05) is 40.3 Å². The molecule has 0 aliphatic carbocycles. The predicted octanol–water partition coefficient (Wildman–Crippen LogP) is 4.40. The van der Waals surface area contributed by atoms with Crippen molar-refractivity contribution in [2.24, 2.45) is 7.05 Å². The van der Waals surface area contributed by atoms with E-state index < -0.39 is 5.91 Å². The van der Waals surface area contributed by atoms with Crippen LogP contribution in [0.2, 0.25) is 0 Å². The van der Waals surface area contributed by atoms with Gasteiger partial charge in [-0.25, -0.2) is 4.85 Å². The number of aromatic nitrogens is 2. The maximum atomic E-state index is 12.8. The van der Waals surface area contributed by atoms with Crippen LogP contribution in [0, 0.1) is 6.57 Å². The number of aromatic amines is 1. The Labute approximate surface area is 158 Å². The van der Waals surface area contributed by atoms with E-state index in [4.69, 9.17) is 6.57 Å². The van der Waals surface area contributed by atoms with Crippen LogP contribution in [0.25, 0.3) is 48.3 Å². The lowest BCUT2D eigenvalue weighted by molar-refractivity contribution is 0.0880. The van der Waals surface area contributed by atoms with Gasteiger partial charge in [-0.05, 0) is 23.6 Å². The highest BCUT2D eigenvalue weighted by Crippen LogP contribution is 2.42. The van der Waals surface area contributed by atoms with E-state index in [1.165, 1.54) is 0 Å². The summed E-state index contributed by atoms with van der Waals surface area (Å²) in [5.41, 5.74) is 3.84. The molecule has 6 nitrogen and oxygen atoms in total. The molecule has 1 aliphatic rings. The van der Waals surface area contributed by atoms with Crippen LogP contribution in [0.15, 0.2) is 42.6 Å². The molecule has 0 bridgehead atoms. The number of nitrogens with one attached hydrogen (secondary N) is 2. The molecule has 2 amide bonds. The number of amides is 2. The number of carbonyl (C=O) groups is 2. The SMILES string of the molecule is [C-]#[N+]c1ccc2[nH]c3c4ccc5ccn(C)c5c4c4c(c3c2c1)C(=O)NC4=O. The van der Waals surface area contributed by atoms with Crippen LogP contribution in [0.5, 0.6) is 0 Å². The van der Waals surface area contributed by atoms with Crippen LogP contribution in [0.4, 0.5) is 5.69 Å². The van der Waals surface area contributed by atoms with E-state index in [-0.39, 0.29) is 5.91 Å². The molecular weight excluding hydrogens is 352 g/mol. The second-order valence-corrected chi connectivity index (χ2v) is 7.10. The van der Waals surface area contributed by atoms with Crippen molar-refractivity contribution < 1.29 is 9.59 Å². The molecule has 0 radical (unpaired) electrons. The van der Waals surface area contributed by atoms with Gasteiger partial charge in [0.25, 0.3) is 11.8 Å². The van der Waals surface area contributed by atoms with Crippen molar-refractivity contribution in [1.29, 1.82) is 0 Å². The summed E-state index contributed by atoms with van der Waals surface area (Å²) in [5.74, 6) is -0.775. The summed E-state index contributed by atoms with van der Waals surface area (Å²) in [4.78, 5) is 32.5. The lowest BCUT2D eigenvalue weighted by Gasteiger charge is -2.09. The van der Waals surface area contributed by atoms with Gasteiger partial charge in [-0.1, -0.05) is 18.2 Å². The third-order valence-electron chi connectivity index (χ3n) is 5.65. The lowest BCUT2D eigenvalue weighted by atomic mass is 9.93. The summed E-state index contributed by atoms with van der Waals surface area (Å²) in [5, 5.41) is 6.60.